The van der Waals surface area contributed by atoms with Crippen LogP contribution in [0, 0.1) is 56.7 Å². The number of carboxylic acid groups (broad SMARTS) is 1. The fourth-order valence-electron chi connectivity index (χ4n) is 13.9. The van der Waals surface area contributed by atoms with Crippen molar-refractivity contribution < 1.29 is 48.8 Å². The van der Waals surface area contributed by atoms with Crippen molar-refractivity contribution in [3.8, 4) is 0 Å². The molecule has 5 saturated carbocycles. The maximum Gasteiger partial charge on any atom is 0.338 e. The molecule has 280 valence electrons. The largest absolute Gasteiger partial charge is 0.481 e. The lowest BCUT2D eigenvalue weighted by molar-refractivity contribution is -0.262. The molecule has 0 spiro atoms. The third-order valence-electron chi connectivity index (χ3n) is 16.6. The van der Waals surface area contributed by atoms with Crippen LogP contribution in [0.2, 0.25) is 0 Å². The summed E-state index contributed by atoms with van der Waals surface area (Å²) in [7, 11) is 1.36. The maximum absolute atomic E-state index is 13.5. The predicted octanol–water partition coefficient (Wildman–Crippen LogP) is 4.88. The summed E-state index contributed by atoms with van der Waals surface area (Å²) < 4.78 is 17.1. The maximum atomic E-state index is 13.5. The molecule has 3 N–H and O–H groups in total. The number of ether oxygens (including phenoxy) is 3. The van der Waals surface area contributed by atoms with E-state index in [1.807, 2.05) is 0 Å². The molecule has 2 heterocycles. The van der Waals surface area contributed by atoms with E-state index in [2.05, 4.69) is 48.1 Å². The number of carbonyl (C=O) groups is 3. The molecule has 7 fully saturated rings. The van der Waals surface area contributed by atoms with Crippen molar-refractivity contribution in [1.82, 2.24) is 5.06 Å². The Labute approximate surface area is 296 Å². The van der Waals surface area contributed by atoms with Crippen LogP contribution in [-0.2, 0) is 33.4 Å². The lowest BCUT2D eigenvalue weighted by atomic mass is 9.32. The molecule has 11 nitrogen and oxygen atoms in total. The Morgan fingerprint density at radius 1 is 0.920 bits per heavy atom. The van der Waals surface area contributed by atoms with Crippen molar-refractivity contribution in [2.45, 2.75) is 142 Å². The topological polar surface area (TPSA) is 152 Å². The summed E-state index contributed by atoms with van der Waals surface area (Å²) in [5.74, 6) is -0.335. The Hall–Kier alpha value is -2.05. The first-order chi connectivity index (χ1) is 23.4. The Bertz CT molecular complexity index is 1430. The van der Waals surface area contributed by atoms with Crippen LogP contribution in [-0.4, -0.2) is 88.7 Å². The Balaban J connectivity index is 1.07. The molecule has 2 aliphatic heterocycles. The van der Waals surface area contributed by atoms with Gasteiger partial charge in [-0.1, -0.05) is 46.8 Å². The van der Waals surface area contributed by atoms with Crippen molar-refractivity contribution in [1.29, 1.82) is 0 Å². The SMILES string of the molecule is C=C(C)[C@@H]1CC[C@]2(C(=O)O)CC[C@]3(C)[C@H](CC[C@@H]4[C@@]5(C)CC[C@H](OC(=O)CN(OC)C6O[C@@H]7[C@H](OC(=O)[C@@H]7O)[C@H]6O)C(C)(C)[C@@H]5CC[C@]43C)[C@@H]12. The number of carboxylic acids is 1. The fraction of sp³-hybridized carbons (Fsp3) is 0.872. The number of carbonyl (C=O) groups excluding carboxylic acids is 2. The molecule has 0 aromatic carbocycles. The van der Waals surface area contributed by atoms with E-state index in [0.717, 1.165) is 69.8 Å². The van der Waals surface area contributed by atoms with Crippen LogP contribution in [0.4, 0.5) is 0 Å². The van der Waals surface area contributed by atoms with E-state index in [4.69, 9.17) is 19.0 Å². The van der Waals surface area contributed by atoms with E-state index in [0.29, 0.717) is 17.8 Å². The predicted molar refractivity (Wildman–Crippen MR) is 181 cm³/mol. The molecule has 11 heteroatoms. The monoisotopic (exact) mass is 701 g/mol. The zero-order valence-electron chi connectivity index (χ0n) is 31.0. The van der Waals surface area contributed by atoms with E-state index < -0.39 is 54.0 Å². The number of aliphatic hydroxyl groups is 2. The zero-order chi connectivity index (χ0) is 36.3. The molecule has 1 unspecified atom stereocenters. The van der Waals surface area contributed by atoms with Gasteiger partial charge in [0.1, 0.15) is 24.9 Å². The normalized spacial score (nSPS) is 50.4. The molecule has 50 heavy (non-hydrogen) atoms. The summed E-state index contributed by atoms with van der Waals surface area (Å²) in [5.41, 5.74) is 0.397. The average Bonchev–Trinajstić information content (AvgIpc) is 3.69. The number of hydrogen-bond donors (Lipinski definition) is 3. The van der Waals surface area contributed by atoms with Gasteiger partial charge in [-0.15, -0.1) is 5.06 Å². The van der Waals surface area contributed by atoms with E-state index >= 15 is 0 Å². The lowest BCUT2D eigenvalue weighted by Crippen LogP contribution is -2.67. The number of esters is 2. The van der Waals surface area contributed by atoms with Crippen molar-refractivity contribution >= 4 is 17.9 Å². The highest BCUT2D eigenvalue weighted by molar-refractivity contribution is 5.78. The van der Waals surface area contributed by atoms with Gasteiger partial charge in [-0.05, 0) is 117 Å². The van der Waals surface area contributed by atoms with Crippen LogP contribution in [0.5, 0.6) is 0 Å². The van der Waals surface area contributed by atoms with Crippen LogP contribution >= 0.6 is 0 Å². The van der Waals surface area contributed by atoms with Gasteiger partial charge in [0.05, 0.1) is 12.5 Å². The quantitative estimate of drug-likeness (QED) is 0.189. The van der Waals surface area contributed by atoms with Crippen molar-refractivity contribution in [2.75, 3.05) is 13.7 Å². The molecule has 7 rings (SSSR count). The minimum atomic E-state index is -1.51. The van der Waals surface area contributed by atoms with E-state index in [-0.39, 0.29) is 46.1 Å². The standard InChI is InChI=1S/C39H59NO10/c1-20(2)21-11-16-39(34(45)46)18-17-37(6)22(27(21)39)9-10-24-36(5)14-13-25(35(3,4)23(36)12-15-38(24,37)7)48-26(41)19-40(47-8)32-28(42)30-31(49-32)29(43)33(44)50-30/h21-25,27-32,42-43H,1,9-19H2,2-8H3,(H,45,46)/t21-,22+,23-,24+,25-,27+,28+,29+,30+,31-,32?,36-,37+,38+,39-/m0/s1. The first-order valence-corrected chi connectivity index (χ1v) is 19.0. The average molecular weight is 702 g/mol. The molecule has 0 aromatic rings. The summed E-state index contributed by atoms with van der Waals surface area (Å²) >= 11 is 0. The molecule has 0 bridgehead atoms. The molecule has 0 aromatic heterocycles. The molecule has 5 aliphatic carbocycles. The molecule has 0 radical (unpaired) electrons. The second kappa shape index (κ2) is 12.0. The third-order valence-corrected chi connectivity index (χ3v) is 16.6. The smallest absolute Gasteiger partial charge is 0.338 e. The van der Waals surface area contributed by atoms with Gasteiger partial charge in [0.25, 0.3) is 0 Å². The highest BCUT2D eigenvalue weighted by Gasteiger charge is 2.72. The van der Waals surface area contributed by atoms with Gasteiger partial charge in [0, 0.05) is 5.41 Å². The fourth-order valence-corrected chi connectivity index (χ4v) is 13.9. The van der Waals surface area contributed by atoms with Gasteiger partial charge in [-0.25, -0.2) is 4.79 Å². The minimum Gasteiger partial charge on any atom is -0.481 e. The summed E-state index contributed by atoms with van der Waals surface area (Å²) in [6.07, 6.45) is 3.03. The Kier molecular flexibility index (Phi) is 8.70. The van der Waals surface area contributed by atoms with E-state index in [1.165, 1.54) is 12.2 Å². The van der Waals surface area contributed by atoms with Crippen LogP contribution in [0.25, 0.3) is 0 Å². The van der Waals surface area contributed by atoms with Gasteiger partial charge < -0.3 is 29.5 Å². The number of nitrogens with zero attached hydrogens (tertiary/aromatic N) is 1. The number of aliphatic carboxylic acids is 1. The molecule has 0 amide bonds. The molecule has 2 saturated heterocycles. The number of rotatable bonds is 7. The summed E-state index contributed by atoms with van der Waals surface area (Å²) in [5, 5.41) is 32.7. The Morgan fingerprint density at radius 2 is 1.64 bits per heavy atom. The van der Waals surface area contributed by atoms with Crippen LogP contribution < -0.4 is 0 Å². The van der Waals surface area contributed by atoms with Crippen LogP contribution in [0.15, 0.2) is 12.2 Å². The highest BCUT2D eigenvalue weighted by atomic mass is 16.7. The summed E-state index contributed by atoms with van der Waals surface area (Å²) in [6, 6.07) is 0. The summed E-state index contributed by atoms with van der Waals surface area (Å²) in [4.78, 5) is 43.6. The first kappa shape index (κ1) is 36.3. The summed E-state index contributed by atoms with van der Waals surface area (Å²) in [6.45, 7) is 18.2. The van der Waals surface area contributed by atoms with E-state index in [9.17, 15) is 29.7 Å². The molecule has 15 atom stereocenters. The second-order valence-corrected chi connectivity index (χ2v) is 18.6. The van der Waals surface area contributed by atoms with Gasteiger partial charge in [-0.2, -0.15) is 0 Å². The molecular weight excluding hydrogens is 642 g/mol. The van der Waals surface area contributed by atoms with Crippen LogP contribution in [0.3, 0.4) is 0 Å². The van der Waals surface area contributed by atoms with Gasteiger partial charge in [-0.3, -0.25) is 14.4 Å². The lowest BCUT2D eigenvalue weighted by Gasteiger charge is -2.72. The molecule has 7 aliphatic rings. The van der Waals surface area contributed by atoms with Crippen molar-refractivity contribution in [3.63, 3.8) is 0 Å². The van der Waals surface area contributed by atoms with E-state index in [1.54, 1.807) is 0 Å². The highest BCUT2D eigenvalue weighted by Crippen LogP contribution is 2.77. The molecular formula is C39H59NO10. The number of aliphatic hydroxyl groups excluding tert-OH is 2. The Morgan fingerprint density at radius 3 is 2.28 bits per heavy atom. The first-order valence-electron chi connectivity index (χ1n) is 19.0. The number of fused-ring (bicyclic) bond motifs is 8. The zero-order valence-corrected chi connectivity index (χ0v) is 31.0. The number of allylic oxidation sites excluding steroid dienone is 1. The third kappa shape index (κ3) is 4.81. The van der Waals surface area contributed by atoms with Gasteiger partial charge in [0.2, 0.25) is 0 Å². The number of hydrogen-bond acceptors (Lipinski definition) is 10. The van der Waals surface area contributed by atoms with Crippen molar-refractivity contribution in [2.24, 2.45) is 56.7 Å². The van der Waals surface area contributed by atoms with Gasteiger partial charge in [0.15, 0.2) is 18.4 Å². The second-order valence-electron chi connectivity index (χ2n) is 18.6. The number of hydroxylamine groups is 2. The van der Waals surface area contributed by atoms with Gasteiger partial charge >= 0.3 is 17.9 Å². The van der Waals surface area contributed by atoms with Crippen molar-refractivity contribution in [3.05, 3.63) is 12.2 Å². The van der Waals surface area contributed by atoms with Crippen LogP contribution in [0.1, 0.15) is 106 Å². The minimum absolute atomic E-state index is 0.0440.